The van der Waals surface area contributed by atoms with E-state index in [4.69, 9.17) is 5.11 Å². The number of rotatable bonds is 7. The molecule has 1 unspecified atom stereocenters. The Kier molecular flexibility index (Phi) is 6.12. The standard InChI is InChI=1S/C11H19NO5S2/c1-18-4-2-9(11(14)15)12-10(13)6-8-3-5-19(16,17)7-8/h8-9H,2-7H2,1H3,(H,12,13)(H,14,15)/t8?,9-/m1/s1. The number of aliphatic carboxylic acids is 1. The van der Waals surface area contributed by atoms with Gasteiger partial charge in [0.25, 0.3) is 0 Å². The second kappa shape index (κ2) is 7.14. The summed E-state index contributed by atoms with van der Waals surface area (Å²) in [5.74, 6) is -0.810. The number of carbonyl (C=O) groups is 2. The fourth-order valence-electron chi connectivity index (χ4n) is 2.04. The molecule has 1 amide bonds. The molecule has 19 heavy (non-hydrogen) atoms. The van der Waals surface area contributed by atoms with Crippen LogP contribution >= 0.6 is 11.8 Å². The summed E-state index contributed by atoms with van der Waals surface area (Å²) in [6, 6.07) is -0.891. The van der Waals surface area contributed by atoms with Crippen LogP contribution < -0.4 is 5.32 Å². The van der Waals surface area contributed by atoms with Gasteiger partial charge in [-0.05, 0) is 30.8 Å². The van der Waals surface area contributed by atoms with Crippen LogP contribution in [0.1, 0.15) is 19.3 Å². The molecular formula is C11H19NO5S2. The lowest BCUT2D eigenvalue weighted by atomic mass is 10.0. The molecule has 8 heteroatoms. The topological polar surface area (TPSA) is 101 Å². The summed E-state index contributed by atoms with van der Waals surface area (Å²) >= 11 is 1.51. The first-order valence-corrected chi connectivity index (χ1v) is 9.27. The Morgan fingerprint density at radius 3 is 2.63 bits per heavy atom. The van der Waals surface area contributed by atoms with E-state index in [0.29, 0.717) is 18.6 Å². The number of thioether (sulfide) groups is 1. The first kappa shape index (κ1) is 16.3. The van der Waals surface area contributed by atoms with E-state index in [2.05, 4.69) is 5.32 Å². The monoisotopic (exact) mass is 309 g/mol. The van der Waals surface area contributed by atoms with Crippen LogP contribution in [0.3, 0.4) is 0 Å². The number of carboxylic acid groups (broad SMARTS) is 1. The molecular weight excluding hydrogens is 290 g/mol. The highest BCUT2D eigenvalue weighted by Crippen LogP contribution is 2.21. The zero-order valence-electron chi connectivity index (χ0n) is 10.8. The van der Waals surface area contributed by atoms with Gasteiger partial charge in [-0.2, -0.15) is 11.8 Å². The van der Waals surface area contributed by atoms with E-state index in [1.807, 2.05) is 6.26 Å². The van der Waals surface area contributed by atoms with Crippen LogP contribution in [0.2, 0.25) is 0 Å². The van der Waals surface area contributed by atoms with E-state index in [1.54, 1.807) is 0 Å². The van der Waals surface area contributed by atoms with E-state index in [9.17, 15) is 18.0 Å². The molecule has 1 aliphatic heterocycles. The highest BCUT2D eigenvalue weighted by atomic mass is 32.2. The summed E-state index contributed by atoms with van der Waals surface area (Å²) in [6.07, 6.45) is 2.80. The third-order valence-electron chi connectivity index (χ3n) is 3.04. The van der Waals surface area contributed by atoms with Crippen LogP contribution in [-0.4, -0.2) is 55.0 Å². The molecule has 6 nitrogen and oxygen atoms in total. The van der Waals surface area contributed by atoms with Gasteiger partial charge in [0.05, 0.1) is 11.5 Å². The molecule has 1 fully saturated rings. The van der Waals surface area contributed by atoms with Gasteiger partial charge in [-0.3, -0.25) is 4.79 Å². The second-order valence-electron chi connectivity index (χ2n) is 4.71. The third-order valence-corrected chi connectivity index (χ3v) is 5.53. The lowest BCUT2D eigenvalue weighted by Gasteiger charge is -2.15. The van der Waals surface area contributed by atoms with Gasteiger partial charge in [-0.25, -0.2) is 13.2 Å². The van der Waals surface area contributed by atoms with Crippen molar-refractivity contribution in [1.82, 2.24) is 5.32 Å². The summed E-state index contributed by atoms with van der Waals surface area (Å²) in [5.41, 5.74) is 0. The molecule has 0 radical (unpaired) electrons. The van der Waals surface area contributed by atoms with Crippen LogP contribution in [0.25, 0.3) is 0 Å². The average molecular weight is 309 g/mol. The fraction of sp³-hybridized carbons (Fsp3) is 0.818. The molecule has 1 rings (SSSR count). The minimum Gasteiger partial charge on any atom is -0.480 e. The summed E-state index contributed by atoms with van der Waals surface area (Å²) < 4.78 is 22.5. The first-order valence-electron chi connectivity index (χ1n) is 6.05. The van der Waals surface area contributed by atoms with Crippen molar-refractivity contribution in [1.29, 1.82) is 0 Å². The summed E-state index contributed by atoms with van der Waals surface area (Å²) in [6.45, 7) is 0. The van der Waals surface area contributed by atoms with Crippen molar-refractivity contribution in [2.24, 2.45) is 5.92 Å². The second-order valence-corrected chi connectivity index (χ2v) is 7.93. The van der Waals surface area contributed by atoms with Gasteiger partial charge in [0.15, 0.2) is 9.84 Å². The lowest BCUT2D eigenvalue weighted by molar-refractivity contribution is -0.142. The van der Waals surface area contributed by atoms with Gasteiger partial charge in [0, 0.05) is 6.42 Å². The summed E-state index contributed by atoms with van der Waals surface area (Å²) in [5, 5.41) is 11.4. The van der Waals surface area contributed by atoms with Crippen molar-refractivity contribution < 1.29 is 23.1 Å². The van der Waals surface area contributed by atoms with E-state index in [1.165, 1.54) is 11.8 Å². The number of carbonyl (C=O) groups excluding carboxylic acids is 1. The highest BCUT2D eigenvalue weighted by molar-refractivity contribution is 7.98. The van der Waals surface area contributed by atoms with Gasteiger partial charge in [-0.1, -0.05) is 0 Å². The molecule has 0 saturated carbocycles. The lowest BCUT2D eigenvalue weighted by Crippen LogP contribution is -2.41. The minimum atomic E-state index is -3.00. The van der Waals surface area contributed by atoms with Crippen molar-refractivity contribution in [2.45, 2.75) is 25.3 Å². The zero-order valence-corrected chi connectivity index (χ0v) is 12.4. The highest BCUT2D eigenvalue weighted by Gasteiger charge is 2.30. The molecule has 0 aromatic heterocycles. The number of nitrogens with one attached hydrogen (secondary N) is 1. The van der Waals surface area contributed by atoms with Crippen molar-refractivity contribution >= 4 is 33.5 Å². The third kappa shape index (κ3) is 5.82. The molecule has 1 aliphatic rings. The van der Waals surface area contributed by atoms with Crippen LogP contribution in [0, 0.1) is 5.92 Å². The van der Waals surface area contributed by atoms with Crippen LogP contribution in [0.4, 0.5) is 0 Å². The van der Waals surface area contributed by atoms with Crippen molar-refractivity contribution in [3.63, 3.8) is 0 Å². The first-order chi connectivity index (χ1) is 8.84. The molecule has 110 valence electrons. The molecule has 0 bridgehead atoms. The maximum atomic E-state index is 11.7. The van der Waals surface area contributed by atoms with E-state index in [-0.39, 0.29) is 29.8 Å². The van der Waals surface area contributed by atoms with Gasteiger partial charge >= 0.3 is 5.97 Å². The molecule has 1 saturated heterocycles. The summed E-state index contributed by atoms with van der Waals surface area (Å²) in [7, 11) is -3.00. The normalized spacial score (nSPS) is 22.9. The Morgan fingerprint density at radius 2 is 2.16 bits per heavy atom. The molecule has 0 aromatic carbocycles. The molecule has 1 heterocycles. The Morgan fingerprint density at radius 1 is 1.47 bits per heavy atom. The van der Waals surface area contributed by atoms with Crippen molar-refractivity contribution in [3.05, 3.63) is 0 Å². The predicted octanol–water partition coefficient (Wildman–Crippen LogP) is 0.134. The quantitative estimate of drug-likeness (QED) is 0.693. The maximum absolute atomic E-state index is 11.7. The van der Waals surface area contributed by atoms with Crippen LogP contribution in [-0.2, 0) is 19.4 Å². The SMILES string of the molecule is CSCC[C@@H](NC(=O)CC1CCS(=O)(=O)C1)C(=O)O. The van der Waals surface area contributed by atoms with E-state index >= 15 is 0 Å². The van der Waals surface area contributed by atoms with Crippen molar-refractivity contribution in [3.8, 4) is 0 Å². The van der Waals surface area contributed by atoms with Crippen LogP contribution in [0.5, 0.6) is 0 Å². The number of hydrogen-bond donors (Lipinski definition) is 2. The minimum absolute atomic E-state index is 0.0307. The predicted molar refractivity (Wildman–Crippen MR) is 73.9 cm³/mol. The zero-order chi connectivity index (χ0) is 14.5. The molecule has 0 spiro atoms. The Labute approximate surface area is 117 Å². The molecule has 0 aromatic rings. The van der Waals surface area contributed by atoms with Gasteiger partial charge < -0.3 is 10.4 Å². The number of sulfone groups is 1. The van der Waals surface area contributed by atoms with E-state index in [0.717, 1.165) is 0 Å². The van der Waals surface area contributed by atoms with Crippen molar-refractivity contribution in [2.75, 3.05) is 23.5 Å². The Bertz CT molecular complexity index is 434. The molecule has 2 N–H and O–H groups in total. The van der Waals surface area contributed by atoms with E-state index < -0.39 is 21.8 Å². The average Bonchev–Trinajstić information content (AvgIpc) is 2.63. The Balaban J connectivity index is 2.42. The van der Waals surface area contributed by atoms with Crippen LogP contribution in [0.15, 0.2) is 0 Å². The Hall–Kier alpha value is -0.760. The maximum Gasteiger partial charge on any atom is 0.326 e. The smallest absolute Gasteiger partial charge is 0.326 e. The number of hydrogen-bond acceptors (Lipinski definition) is 5. The van der Waals surface area contributed by atoms with Gasteiger partial charge in [0.1, 0.15) is 6.04 Å². The number of carboxylic acids is 1. The molecule has 0 aliphatic carbocycles. The molecule has 2 atom stereocenters. The van der Waals surface area contributed by atoms with Gasteiger partial charge in [0.2, 0.25) is 5.91 Å². The van der Waals surface area contributed by atoms with Gasteiger partial charge in [-0.15, -0.1) is 0 Å². The largest absolute Gasteiger partial charge is 0.480 e. The number of amides is 1. The fourth-order valence-corrected chi connectivity index (χ4v) is 4.37. The summed E-state index contributed by atoms with van der Waals surface area (Å²) in [4.78, 5) is 22.7.